The Bertz CT molecular complexity index is 407. The molecular formula is C12H18N2O4. The fraction of sp³-hybridized carbons (Fsp3) is 0.750. The van der Waals surface area contributed by atoms with E-state index in [1.165, 1.54) is 0 Å². The maximum Gasteiger partial charge on any atom is 0.408 e. The van der Waals surface area contributed by atoms with Gasteiger partial charge in [0.1, 0.15) is 5.54 Å². The zero-order valence-corrected chi connectivity index (χ0v) is 10.8. The van der Waals surface area contributed by atoms with Gasteiger partial charge in [0.25, 0.3) is 0 Å². The molecule has 1 amide bonds. The summed E-state index contributed by atoms with van der Waals surface area (Å²) in [5.41, 5.74) is -1.82. The van der Waals surface area contributed by atoms with Crippen LogP contribution < -0.4 is 0 Å². The molecule has 2 atom stereocenters. The maximum absolute atomic E-state index is 11.6. The Balaban J connectivity index is 3.19. The van der Waals surface area contributed by atoms with E-state index in [1.54, 1.807) is 0 Å². The molecule has 2 N–H and O–H groups in total. The number of aliphatic carboxylic acids is 1. The van der Waals surface area contributed by atoms with E-state index >= 15 is 0 Å². The van der Waals surface area contributed by atoms with Crippen molar-refractivity contribution in [2.24, 2.45) is 11.3 Å². The molecule has 0 bridgehead atoms. The number of hydrogen-bond acceptors (Lipinski definition) is 3. The second-order valence-electron chi connectivity index (χ2n) is 6.00. The molecule has 0 aromatic carbocycles. The molecule has 1 saturated heterocycles. The highest BCUT2D eigenvalue weighted by Crippen LogP contribution is 2.41. The fourth-order valence-electron chi connectivity index (χ4n) is 2.65. The quantitative estimate of drug-likeness (QED) is 0.781. The largest absolute Gasteiger partial charge is 0.479 e. The normalized spacial score (nSPS) is 27.9. The standard InChI is InChI=1S/C12H18N2O4/c1-11(2,3)7-12(9(15)16)4-8(5-13)6-14(12)10(17)18/h8H,4,6-7H2,1-3H3,(H,15,16)(H,17,18)/t8-,12+/m1/s1. The number of nitrogens with zero attached hydrogens (tertiary/aromatic N) is 2. The van der Waals surface area contributed by atoms with Gasteiger partial charge < -0.3 is 10.2 Å². The van der Waals surface area contributed by atoms with E-state index < -0.39 is 23.5 Å². The van der Waals surface area contributed by atoms with Gasteiger partial charge in [-0.25, -0.2) is 9.59 Å². The molecule has 1 fully saturated rings. The molecule has 0 spiro atoms. The summed E-state index contributed by atoms with van der Waals surface area (Å²) in [6.45, 7) is 5.54. The molecule has 0 unspecified atom stereocenters. The van der Waals surface area contributed by atoms with Crippen molar-refractivity contribution in [3.05, 3.63) is 0 Å². The van der Waals surface area contributed by atoms with Gasteiger partial charge in [-0.05, 0) is 18.3 Å². The van der Waals surface area contributed by atoms with Gasteiger partial charge >= 0.3 is 12.1 Å². The molecule has 1 aliphatic heterocycles. The zero-order valence-electron chi connectivity index (χ0n) is 10.8. The summed E-state index contributed by atoms with van der Waals surface area (Å²) in [6, 6.07) is 1.98. The van der Waals surface area contributed by atoms with Gasteiger partial charge in [-0.2, -0.15) is 5.26 Å². The van der Waals surface area contributed by atoms with Crippen LogP contribution in [-0.2, 0) is 4.79 Å². The summed E-state index contributed by atoms with van der Waals surface area (Å²) in [5.74, 6) is -1.72. The van der Waals surface area contributed by atoms with Crippen LogP contribution in [-0.4, -0.2) is 39.3 Å². The fourth-order valence-corrected chi connectivity index (χ4v) is 2.65. The van der Waals surface area contributed by atoms with E-state index in [-0.39, 0.29) is 24.8 Å². The Morgan fingerprint density at radius 3 is 2.33 bits per heavy atom. The predicted molar refractivity (Wildman–Crippen MR) is 62.9 cm³/mol. The average molecular weight is 254 g/mol. The minimum atomic E-state index is -1.48. The van der Waals surface area contributed by atoms with Crippen LogP contribution in [0.5, 0.6) is 0 Å². The summed E-state index contributed by atoms with van der Waals surface area (Å²) >= 11 is 0. The molecule has 6 nitrogen and oxygen atoms in total. The molecule has 1 heterocycles. The third-order valence-electron chi connectivity index (χ3n) is 3.14. The summed E-state index contributed by atoms with van der Waals surface area (Å²) in [7, 11) is 0. The minimum absolute atomic E-state index is 0.0335. The van der Waals surface area contributed by atoms with Crippen LogP contribution in [0.2, 0.25) is 0 Å². The van der Waals surface area contributed by atoms with E-state index in [4.69, 9.17) is 10.4 Å². The summed E-state index contributed by atoms with van der Waals surface area (Å²) in [6.07, 6.45) is -1.03. The molecule has 1 rings (SSSR count). The lowest BCUT2D eigenvalue weighted by molar-refractivity contribution is -0.150. The van der Waals surface area contributed by atoms with Crippen LogP contribution in [0.15, 0.2) is 0 Å². The van der Waals surface area contributed by atoms with Crippen LogP contribution in [0.25, 0.3) is 0 Å². The Labute approximate surface area is 106 Å². The van der Waals surface area contributed by atoms with Gasteiger partial charge in [0.15, 0.2) is 0 Å². The van der Waals surface area contributed by atoms with Gasteiger partial charge in [0.05, 0.1) is 12.0 Å². The smallest absolute Gasteiger partial charge is 0.408 e. The second-order valence-corrected chi connectivity index (χ2v) is 6.00. The van der Waals surface area contributed by atoms with Crippen molar-refractivity contribution in [2.45, 2.75) is 39.2 Å². The first-order valence-electron chi connectivity index (χ1n) is 5.76. The average Bonchev–Trinajstić information content (AvgIpc) is 2.55. The van der Waals surface area contributed by atoms with E-state index in [1.807, 2.05) is 26.8 Å². The van der Waals surface area contributed by atoms with Gasteiger partial charge in [0, 0.05) is 6.54 Å². The van der Waals surface area contributed by atoms with E-state index in [0.29, 0.717) is 0 Å². The number of carboxylic acid groups (broad SMARTS) is 2. The van der Waals surface area contributed by atoms with Gasteiger partial charge in [0.2, 0.25) is 0 Å². The monoisotopic (exact) mass is 254 g/mol. The van der Waals surface area contributed by atoms with Crippen LogP contribution in [0.4, 0.5) is 4.79 Å². The molecule has 0 radical (unpaired) electrons. The van der Waals surface area contributed by atoms with Crippen molar-refractivity contribution in [1.82, 2.24) is 4.90 Å². The minimum Gasteiger partial charge on any atom is -0.479 e. The van der Waals surface area contributed by atoms with Crippen molar-refractivity contribution in [3.63, 3.8) is 0 Å². The van der Waals surface area contributed by atoms with Crippen molar-refractivity contribution >= 4 is 12.1 Å². The number of likely N-dealkylation sites (tertiary alicyclic amines) is 1. The SMILES string of the molecule is CC(C)(C)C[C@]1(C(=O)O)C[C@H](C#N)CN1C(=O)O. The number of rotatable bonds is 2. The molecule has 0 saturated carbocycles. The number of nitriles is 1. The second kappa shape index (κ2) is 4.48. The first-order chi connectivity index (χ1) is 8.12. The van der Waals surface area contributed by atoms with Crippen LogP contribution >= 0.6 is 0 Å². The van der Waals surface area contributed by atoms with Gasteiger partial charge in [-0.1, -0.05) is 20.8 Å². The Hall–Kier alpha value is -1.77. The topological polar surface area (TPSA) is 102 Å². The van der Waals surface area contributed by atoms with Crippen molar-refractivity contribution in [1.29, 1.82) is 5.26 Å². The maximum atomic E-state index is 11.6. The van der Waals surface area contributed by atoms with Crippen LogP contribution in [0, 0.1) is 22.7 Å². The third kappa shape index (κ3) is 2.55. The molecular weight excluding hydrogens is 236 g/mol. The highest BCUT2D eigenvalue weighted by Gasteiger charge is 2.55. The van der Waals surface area contributed by atoms with E-state index in [2.05, 4.69) is 0 Å². The van der Waals surface area contributed by atoms with Crippen LogP contribution in [0.3, 0.4) is 0 Å². The molecule has 0 aliphatic carbocycles. The lowest BCUT2D eigenvalue weighted by Gasteiger charge is -2.37. The molecule has 100 valence electrons. The Morgan fingerprint density at radius 2 is 2.00 bits per heavy atom. The van der Waals surface area contributed by atoms with E-state index in [9.17, 15) is 14.7 Å². The Morgan fingerprint density at radius 1 is 1.44 bits per heavy atom. The van der Waals surface area contributed by atoms with Crippen LogP contribution in [0.1, 0.15) is 33.6 Å². The molecule has 18 heavy (non-hydrogen) atoms. The number of carbonyl (C=O) groups is 2. The predicted octanol–water partition coefficient (Wildman–Crippen LogP) is 1.77. The molecule has 0 aromatic rings. The first kappa shape index (κ1) is 14.3. The van der Waals surface area contributed by atoms with E-state index in [0.717, 1.165) is 4.90 Å². The van der Waals surface area contributed by atoms with Gasteiger partial charge in [-0.3, -0.25) is 4.90 Å². The highest BCUT2D eigenvalue weighted by atomic mass is 16.4. The highest BCUT2D eigenvalue weighted by molar-refractivity contribution is 5.85. The number of hydrogen-bond donors (Lipinski definition) is 2. The van der Waals surface area contributed by atoms with Crippen molar-refractivity contribution in [3.8, 4) is 6.07 Å². The lowest BCUT2D eigenvalue weighted by Crippen LogP contribution is -2.54. The zero-order chi connectivity index (χ0) is 14.1. The molecule has 1 aliphatic rings. The third-order valence-corrected chi connectivity index (χ3v) is 3.14. The summed E-state index contributed by atoms with van der Waals surface area (Å²) in [5, 5.41) is 27.5. The number of amides is 1. The van der Waals surface area contributed by atoms with Gasteiger partial charge in [-0.15, -0.1) is 0 Å². The first-order valence-corrected chi connectivity index (χ1v) is 5.76. The number of carboxylic acids is 1. The summed E-state index contributed by atoms with van der Waals surface area (Å²) in [4.78, 5) is 23.7. The van der Waals surface area contributed by atoms with Crippen molar-refractivity contribution < 1.29 is 19.8 Å². The molecule has 6 heteroatoms. The lowest BCUT2D eigenvalue weighted by atomic mass is 9.77. The molecule has 0 aromatic heterocycles. The van der Waals surface area contributed by atoms with Crippen molar-refractivity contribution in [2.75, 3.05) is 6.54 Å². The Kier molecular flexibility index (Phi) is 3.56. The summed E-state index contributed by atoms with van der Waals surface area (Å²) < 4.78 is 0.